The molecule has 2 aromatic rings. The average molecular weight is 310 g/mol. The second kappa shape index (κ2) is 9.38. The number of rotatable bonds is 8. The number of hydrazone groups is 2. The molecule has 0 amide bonds. The highest BCUT2D eigenvalue weighted by Gasteiger charge is 2.08. The monoisotopic (exact) mass is 310 g/mol. The molecule has 120 valence electrons. The van der Waals surface area contributed by atoms with Crippen molar-refractivity contribution in [1.29, 1.82) is 0 Å². The zero-order valence-electron chi connectivity index (χ0n) is 13.4. The zero-order valence-corrected chi connectivity index (χ0v) is 13.4. The van der Waals surface area contributed by atoms with Crippen LogP contribution in [0.3, 0.4) is 0 Å². The second-order valence-electron chi connectivity index (χ2n) is 4.85. The molecule has 0 aliphatic rings. The van der Waals surface area contributed by atoms with Gasteiger partial charge < -0.3 is 4.74 Å². The Bertz CT molecular complexity index is 626. The molecule has 1 atom stereocenters. The molecule has 0 aliphatic carbocycles. The van der Waals surface area contributed by atoms with Gasteiger partial charge in [-0.25, -0.2) is 0 Å². The molecule has 0 fully saturated rings. The summed E-state index contributed by atoms with van der Waals surface area (Å²) in [6, 6.07) is 19.5. The third kappa shape index (κ3) is 5.92. The molecule has 23 heavy (non-hydrogen) atoms. The number of nitrogens with one attached hydrogen (secondary N) is 2. The van der Waals surface area contributed by atoms with Crippen LogP contribution >= 0.6 is 0 Å². The van der Waals surface area contributed by atoms with Crippen LogP contribution in [0, 0.1) is 0 Å². The standard InChI is InChI=1S/C18H22N4O/c1-3-23-15(2)18(22-21-17-12-8-5-9-13-17)14-19-20-16-10-6-4-7-11-16/h4-15,20-21H,3H2,1-2H3/b19-14+,22-18-. The Hall–Kier alpha value is -2.66. The third-order valence-corrected chi connectivity index (χ3v) is 3.09. The summed E-state index contributed by atoms with van der Waals surface area (Å²) in [5, 5.41) is 8.63. The van der Waals surface area contributed by atoms with Gasteiger partial charge in [-0.05, 0) is 38.1 Å². The normalized spacial score (nSPS) is 13.0. The van der Waals surface area contributed by atoms with Crippen molar-refractivity contribution in [1.82, 2.24) is 0 Å². The smallest absolute Gasteiger partial charge is 0.109 e. The molecule has 0 heterocycles. The number of anilines is 2. The lowest BCUT2D eigenvalue weighted by molar-refractivity contribution is 0.123. The van der Waals surface area contributed by atoms with Crippen LogP contribution < -0.4 is 10.9 Å². The molecule has 0 aromatic heterocycles. The number of para-hydroxylation sites is 2. The van der Waals surface area contributed by atoms with Crippen LogP contribution in [-0.4, -0.2) is 24.6 Å². The van der Waals surface area contributed by atoms with E-state index in [0.29, 0.717) is 12.3 Å². The molecule has 0 spiro atoms. The van der Waals surface area contributed by atoms with Crippen molar-refractivity contribution in [2.45, 2.75) is 20.0 Å². The first kappa shape index (κ1) is 16.7. The molecular formula is C18H22N4O. The number of nitrogens with zero attached hydrogens (tertiary/aromatic N) is 2. The molecule has 1 unspecified atom stereocenters. The Morgan fingerprint density at radius 1 is 1.00 bits per heavy atom. The molecule has 2 N–H and O–H groups in total. The highest BCUT2D eigenvalue weighted by Crippen LogP contribution is 2.06. The summed E-state index contributed by atoms with van der Waals surface area (Å²) in [5.74, 6) is 0. The van der Waals surface area contributed by atoms with Crippen LogP contribution in [0.2, 0.25) is 0 Å². The van der Waals surface area contributed by atoms with Crippen molar-refractivity contribution in [3.63, 3.8) is 0 Å². The largest absolute Gasteiger partial charge is 0.372 e. The molecule has 0 bridgehead atoms. The predicted octanol–water partition coefficient (Wildman–Crippen LogP) is 3.98. The summed E-state index contributed by atoms with van der Waals surface area (Å²) in [7, 11) is 0. The van der Waals surface area contributed by atoms with Gasteiger partial charge in [-0.2, -0.15) is 10.2 Å². The lowest BCUT2D eigenvalue weighted by atomic mass is 10.2. The summed E-state index contributed by atoms with van der Waals surface area (Å²) in [6.45, 7) is 4.52. The molecule has 0 radical (unpaired) electrons. The summed E-state index contributed by atoms with van der Waals surface area (Å²) < 4.78 is 5.61. The van der Waals surface area contributed by atoms with Gasteiger partial charge in [0, 0.05) is 6.61 Å². The first-order chi connectivity index (χ1) is 11.3. The lowest BCUT2D eigenvalue weighted by Crippen LogP contribution is -2.23. The minimum Gasteiger partial charge on any atom is -0.372 e. The van der Waals surface area contributed by atoms with Crippen LogP contribution in [0.1, 0.15) is 13.8 Å². The Labute approximate surface area is 137 Å². The fourth-order valence-electron chi connectivity index (χ4n) is 1.89. The summed E-state index contributed by atoms with van der Waals surface area (Å²) in [4.78, 5) is 0. The Balaban J connectivity index is 2.04. The zero-order chi connectivity index (χ0) is 16.3. The van der Waals surface area contributed by atoms with E-state index in [1.807, 2.05) is 74.5 Å². The predicted molar refractivity (Wildman–Crippen MR) is 97.1 cm³/mol. The van der Waals surface area contributed by atoms with Crippen molar-refractivity contribution in [3.05, 3.63) is 60.7 Å². The van der Waals surface area contributed by atoms with Gasteiger partial charge in [-0.3, -0.25) is 10.9 Å². The van der Waals surface area contributed by atoms with Crippen molar-refractivity contribution < 1.29 is 4.74 Å². The summed E-state index contributed by atoms with van der Waals surface area (Å²) in [5.41, 5.74) is 8.54. The van der Waals surface area contributed by atoms with E-state index in [0.717, 1.165) is 11.4 Å². The Morgan fingerprint density at radius 3 is 2.13 bits per heavy atom. The van der Waals surface area contributed by atoms with E-state index in [-0.39, 0.29) is 6.10 Å². The van der Waals surface area contributed by atoms with Crippen LogP contribution in [0.25, 0.3) is 0 Å². The first-order valence-corrected chi connectivity index (χ1v) is 7.64. The molecule has 0 saturated carbocycles. The van der Waals surface area contributed by atoms with Crippen LogP contribution in [0.15, 0.2) is 70.9 Å². The number of ether oxygens (including phenoxy) is 1. The fraction of sp³-hybridized carbons (Fsp3) is 0.222. The molecule has 5 heteroatoms. The minimum atomic E-state index is -0.155. The van der Waals surface area contributed by atoms with Crippen molar-refractivity contribution in [2.24, 2.45) is 10.2 Å². The Morgan fingerprint density at radius 2 is 1.57 bits per heavy atom. The van der Waals surface area contributed by atoms with Crippen molar-refractivity contribution in [2.75, 3.05) is 17.5 Å². The maximum Gasteiger partial charge on any atom is 0.109 e. The highest BCUT2D eigenvalue weighted by molar-refractivity contribution is 6.32. The van der Waals surface area contributed by atoms with Gasteiger partial charge in [0.15, 0.2) is 0 Å². The maximum atomic E-state index is 5.61. The average Bonchev–Trinajstić information content (AvgIpc) is 2.60. The molecule has 0 aliphatic heterocycles. The van der Waals surface area contributed by atoms with E-state index in [4.69, 9.17) is 4.74 Å². The maximum absolute atomic E-state index is 5.61. The van der Waals surface area contributed by atoms with Crippen LogP contribution in [-0.2, 0) is 4.74 Å². The molecular weight excluding hydrogens is 288 g/mol. The third-order valence-electron chi connectivity index (χ3n) is 3.09. The van der Waals surface area contributed by atoms with E-state index in [1.165, 1.54) is 0 Å². The van der Waals surface area contributed by atoms with Crippen molar-refractivity contribution in [3.8, 4) is 0 Å². The molecule has 2 rings (SSSR count). The quantitative estimate of drug-likeness (QED) is 0.573. The topological polar surface area (TPSA) is 58.0 Å². The summed E-state index contributed by atoms with van der Waals surface area (Å²) in [6.07, 6.45) is 1.51. The molecule has 2 aromatic carbocycles. The minimum absolute atomic E-state index is 0.155. The Kier molecular flexibility index (Phi) is 6.81. The summed E-state index contributed by atoms with van der Waals surface area (Å²) >= 11 is 0. The van der Waals surface area contributed by atoms with Gasteiger partial charge in [0.2, 0.25) is 0 Å². The van der Waals surface area contributed by atoms with E-state index < -0.39 is 0 Å². The molecule has 0 saturated heterocycles. The number of hydrogen-bond acceptors (Lipinski definition) is 5. The van der Waals surface area contributed by atoms with Gasteiger partial charge in [0.1, 0.15) is 11.8 Å². The van der Waals surface area contributed by atoms with E-state index in [2.05, 4.69) is 21.1 Å². The number of hydrogen-bond donors (Lipinski definition) is 2. The van der Waals surface area contributed by atoms with Gasteiger partial charge in [0.25, 0.3) is 0 Å². The van der Waals surface area contributed by atoms with Gasteiger partial charge in [0.05, 0.1) is 17.6 Å². The van der Waals surface area contributed by atoms with Gasteiger partial charge in [-0.1, -0.05) is 36.4 Å². The van der Waals surface area contributed by atoms with Crippen LogP contribution in [0.5, 0.6) is 0 Å². The van der Waals surface area contributed by atoms with Crippen molar-refractivity contribution >= 4 is 23.3 Å². The lowest BCUT2D eigenvalue weighted by Gasteiger charge is -2.12. The molecule has 5 nitrogen and oxygen atoms in total. The van der Waals surface area contributed by atoms with E-state index in [9.17, 15) is 0 Å². The highest BCUT2D eigenvalue weighted by atomic mass is 16.5. The van der Waals surface area contributed by atoms with Gasteiger partial charge >= 0.3 is 0 Å². The van der Waals surface area contributed by atoms with Crippen LogP contribution in [0.4, 0.5) is 11.4 Å². The first-order valence-electron chi connectivity index (χ1n) is 7.64. The second-order valence-corrected chi connectivity index (χ2v) is 4.85. The van der Waals surface area contributed by atoms with E-state index in [1.54, 1.807) is 6.21 Å². The van der Waals surface area contributed by atoms with E-state index >= 15 is 0 Å². The number of benzene rings is 2. The fourth-order valence-corrected chi connectivity index (χ4v) is 1.89. The SMILES string of the molecule is CCOC(C)C(/C=N/Nc1ccccc1)=N\Nc1ccccc1. The van der Waals surface area contributed by atoms with Gasteiger partial charge in [-0.15, -0.1) is 0 Å².